The van der Waals surface area contributed by atoms with Gasteiger partial charge in [-0.2, -0.15) is 5.26 Å². The maximum absolute atomic E-state index is 12.8. The fourth-order valence-electron chi connectivity index (χ4n) is 3.89. The fourth-order valence-corrected chi connectivity index (χ4v) is 4.98. The van der Waals surface area contributed by atoms with Crippen molar-refractivity contribution in [2.75, 3.05) is 26.3 Å². The molecule has 1 aliphatic rings. The third-order valence-corrected chi connectivity index (χ3v) is 6.67. The molecule has 34 heavy (non-hydrogen) atoms. The predicted molar refractivity (Wildman–Crippen MR) is 138 cm³/mol. The maximum atomic E-state index is 12.8. The molecule has 0 aliphatic carbocycles. The number of benzene rings is 2. The number of amidine groups is 1. The van der Waals surface area contributed by atoms with Gasteiger partial charge in [-0.05, 0) is 67.1 Å². The van der Waals surface area contributed by atoms with Gasteiger partial charge in [-0.3, -0.25) is 9.79 Å². The van der Waals surface area contributed by atoms with Crippen molar-refractivity contribution in [3.05, 3.63) is 64.5 Å². The molecule has 1 aliphatic heterocycles. The molecule has 0 radical (unpaired) electrons. The molecule has 6 nitrogen and oxygen atoms in total. The summed E-state index contributed by atoms with van der Waals surface area (Å²) in [6.45, 7) is 4.33. The SMILES string of the molecule is CCOC(=O)C(Cc1cc2cc(C#N)ccc2s1)c1ccc(OCCNC2=NCCC2)cc1.Cl. The highest BCUT2D eigenvalue weighted by Crippen LogP contribution is 2.32. The van der Waals surface area contributed by atoms with Crippen molar-refractivity contribution in [1.29, 1.82) is 5.26 Å². The van der Waals surface area contributed by atoms with E-state index in [0.717, 1.165) is 51.5 Å². The van der Waals surface area contributed by atoms with Crippen LogP contribution in [0.15, 0.2) is 53.5 Å². The number of thiophene rings is 1. The Labute approximate surface area is 210 Å². The highest BCUT2D eigenvalue weighted by atomic mass is 35.5. The lowest BCUT2D eigenvalue weighted by atomic mass is 9.95. The van der Waals surface area contributed by atoms with E-state index in [9.17, 15) is 4.79 Å². The van der Waals surface area contributed by atoms with Crippen molar-refractivity contribution in [2.45, 2.75) is 32.1 Å². The van der Waals surface area contributed by atoms with E-state index in [-0.39, 0.29) is 18.4 Å². The lowest BCUT2D eigenvalue weighted by molar-refractivity contribution is -0.144. The van der Waals surface area contributed by atoms with Gasteiger partial charge in [-0.15, -0.1) is 23.7 Å². The lowest BCUT2D eigenvalue weighted by Crippen LogP contribution is -2.26. The van der Waals surface area contributed by atoms with E-state index < -0.39 is 5.92 Å². The molecule has 0 amide bonds. The Bertz CT molecular complexity index is 1180. The summed E-state index contributed by atoms with van der Waals surface area (Å²) >= 11 is 1.64. The number of nitrogens with zero attached hydrogens (tertiary/aromatic N) is 2. The van der Waals surface area contributed by atoms with Gasteiger partial charge in [0.15, 0.2) is 0 Å². The molecular formula is C26H28ClN3O3S. The molecule has 0 bridgehead atoms. The average Bonchev–Trinajstić information content (AvgIpc) is 3.50. The quantitative estimate of drug-likeness (QED) is 0.322. The van der Waals surface area contributed by atoms with Crippen LogP contribution in [0.5, 0.6) is 5.75 Å². The van der Waals surface area contributed by atoms with Crippen molar-refractivity contribution in [2.24, 2.45) is 4.99 Å². The molecule has 4 rings (SSSR count). The minimum Gasteiger partial charge on any atom is -0.492 e. The number of fused-ring (bicyclic) bond motifs is 1. The molecule has 0 saturated carbocycles. The van der Waals surface area contributed by atoms with Crippen LogP contribution in [0, 0.1) is 11.3 Å². The van der Waals surface area contributed by atoms with Gasteiger partial charge >= 0.3 is 5.97 Å². The summed E-state index contributed by atoms with van der Waals surface area (Å²) in [6.07, 6.45) is 2.68. The molecule has 8 heteroatoms. The Balaban J connectivity index is 0.00000324. The second kappa shape index (κ2) is 12.4. The first kappa shape index (κ1) is 25.5. The molecule has 1 aromatic heterocycles. The topological polar surface area (TPSA) is 83.7 Å². The number of carbonyl (C=O) groups excluding carboxylic acids is 1. The number of rotatable bonds is 9. The Morgan fingerprint density at radius 2 is 2.06 bits per heavy atom. The van der Waals surface area contributed by atoms with Gasteiger partial charge in [0.05, 0.1) is 36.5 Å². The molecule has 1 atom stereocenters. The van der Waals surface area contributed by atoms with Crippen molar-refractivity contribution in [3.63, 3.8) is 0 Å². The zero-order chi connectivity index (χ0) is 23.0. The van der Waals surface area contributed by atoms with Crippen molar-refractivity contribution < 1.29 is 14.3 Å². The van der Waals surface area contributed by atoms with E-state index in [1.54, 1.807) is 11.3 Å². The monoisotopic (exact) mass is 497 g/mol. The minimum absolute atomic E-state index is 0. The summed E-state index contributed by atoms with van der Waals surface area (Å²) in [5.41, 5.74) is 1.53. The molecule has 0 fully saturated rings. The first-order valence-corrected chi connectivity index (χ1v) is 12.1. The largest absolute Gasteiger partial charge is 0.492 e. The van der Waals surface area contributed by atoms with Gasteiger partial charge in [0.25, 0.3) is 0 Å². The Morgan fingerprint density at radius 1 is 1.24 bits per heavy atom. The van der Waals surface area contributed by atoms with E-state index in [1.165, 1.54) is 0 Å². The number of hydrogen-bond donors (Lipinski definition) is 1. The van der Waals surface area contributed by atoms with E-state index in [1.807, 2.05) is 49.4 Å². The van der Waals surface area contributed by atoms with Crippen molar-refractivity contribution in [3.8, 4) is 11.8 Å². The fraction of sp³-hybridized carbons (Fsp3) is 0.346. The number of esters is 1. The zero-order valence-electron chi connectivity index (χ0n) is 19.1. The van der Waals surface area contributed by atoms with Crippen LogP contribution in [0.4, 0.5) is 0 Å². The van der Waals surface area contributed by atoms with Crippen LogP contribution in [-0.2, 0) is 16.0 Å². The number of halogens is 1. The summed E-state index contributed by atoms with van der Waals surface area (Å²) in [7, 11) is 0. The average molecular weight is 498 g/mol. The lowest BCUT2D eigenvalue weighted by Gasteiger charge is -2.16. The predicted octanol–water partition coefficient (Wildman–Crippen LogP) is 5.24. The van der Waals surface area contributed by atoms with E-state index in [2.05, 4.69) is 22.4 Å². The number of carbonyl (C=O) groups is 1. The highest BCUT2D eigenvalue weighted by Gasteiger charge is 2.23. The molecule has 1 N–H and O–H groups in total. The summed E-state index contributed by atoms with van der Waals surface area (Å²) in [5.74, 6) is 1.20. The molecule has 1 unspecified atom stereocenters. The number of nitriles is 1. The number of ether oxygens (including phenoxy) is 2. The van der Waals surface area contributed by atoms with Crippen LogP contribution in [0.3, 0.4) is 0 Å². The minimum atomic E-state index is -0.399. The van der Waals surface area contributed by atoms with Gasteiger partial charge in [0, 0.05) is 22.5 Å². The Morgan fingerprint density at radius 3 is 2.76 bits per heavy atom. The van der Waals surface area contributed by atoms with E-state index in [4.69, 9.17) is 14.7 Å². The van der Waals surface area contributed by atoms with Gasteiger partial charge in [0.1, 0.15) is 12.4 Å². The van der Waals surface area contributed by atoms with Crippen molar-refractivity contribution >= 4 is 45.6 Å². The molecule has 3 aromatic rings. The van der Waals surface area contributed by atoms with Crippen LogP contribution in [0.2, 0.25) is 0 Å². The summed E-state index contributed by atoms with van der Waals surface area (Å²) in [6, 6.07) is 17.6. The first-order valence-electron chi connectivity index (χ1n) is 11.3. The van der Waals surface area contributed by atoms with Gasteiger partial charge in [-0.25, -0.2) is 0 Å². The summed E-state index contributed by atoms with van der Waals surface area (Å²) < 4.78 is 12.3. The van der Waals surface area contributed by atoms with Gasteiger partial charge < -0.3 is 14.8 Å². The molecule has 2 heterocycles. The van der Waals surface area contributed by atoms with Crippen LogP contribution < -0.4 is 10.1 Å². The Hall–Kier alpha value is -3.08. The second-order valence-corrected chi connectivity index (χ2v) is 9.03. The number of aliphatic imine (C=N–C) groups is 1. The molecule has 178 valence electrons. The number of hydrogen-bond acceptors (Lipinski definition) is 7. The maximum Gasteiger partial charge on any atom is 0.313 e. The summed E-state index contributed by atoms with van der Waals surface area (Å²) in [5, 5.41) is 13.5. The van der Waals surface area contributed by atoms with Crippen LogP contribution in [-0.4, -0.2) is 38.1 Å². The van der Waals surface area contributed by atoms with E-state index >= 15 is 0 Å². The molecule has 0 spiro atoms. The van der Waals surface area contributed by atoms with Crippen molar-refractivity contribution in [1.82, 2.24) is 5.32 Å². The normalized spacial score (nSPS) is 13.5. The highest BCUT2D eigenvalue weighted by molar-refractivity contribution is 7.19. The van der Waals surface area contributed by atoms with Crippen LogP contribution in [0.25, 0.3) is 10.1 Å². The van der Waals surface area contributed by atoms with Crippen LogP contribution >= 0.6 is 23.7 Å². The molecule has 2 aromatic carbocycles. The molecule has 0 saturated heterocycles. The Kier molecular flexibility index (Phi) is 9.32. The van der Waals surface area contributed by atoms with Crippen LogP contribution in [0.1, 0.15) is 41.7 Å². The molecular weight excluding hydrogens is 470 g/mol. The zero-order valence-corrected chi connectivity index (χ0v) is 20.7. The van der Waals surface area contributed by atoms with Gasteiger partial charge in [-0.1, -0.05) is 12.1 Å². The first-order chi connectivity index (χ1) is 16.2. The third-order valence-electron chi connectivity index (χ3n) is 5.53. The van der Waals surface area contributed by atoms with Gasteiger partial charge in [0.2, 0.25) is 0 Å². The second-order valence-electron chi connectivity index (χ2n) is 7.86. The number of nitrogens with one attached hydrogen (secondary N) is 1. The smallest absolute Gasteiger partial charge is 0.313 e. The standard InChI is InChI=1S/C26H27N3O3S.ClH/c1-2-31-26(30)23(16-22-15-20-14-18(17-27)5-10-24(20)33-22)19-6-8-21(9-7-19)32-13-12-29-25-4-3-11-28-25;/h5-10,14-15,23H,2-4,11-13,16H2,1H3,(H,28,29);1H. The third kappa shape index (κ3) is 6.49. The van der Waals surface area contributed by atoms with E-state index in [0.29, 0.717) is 31.7 Å². The summed E-state index contributed by atoms with van der Waals surface area (Å²) in [4.78, 5) is 18.2.